The Labute approximate surface area is 232 Å². The van der Waals surface area contributed by atoms with Gasteiger partial charge in [0.15, 0.2) is 11.6 Å². The summed E-state index contributed by atoms with van der Waals surface area (Å²) >= 11 is 0. The smallest absolute Gasteiger partial charge is 0.393 e. The van der Waals surface area contributed by atoms with Crippen LogP contribution < -0.4 is 10.1 Å². The molecule has 2 N–H and O–H groups in total. The Morgan fingerprint density at radius 1 is 1.27 bits per heavy atom. The second kappa shape index (κ2) is 13.2. The van der Waals surface area contributed by atoms with Crippen LogP contribution in [-0.4, -0.2) is 78.4 Å². The van der Waals surface area contributed by atoms with E-state index in [9.17, 15) is 27.5 Å². The third kappa shape index (κ3) is 7.63. The van der Waals surface area contributed by atoms with Gasteiger partial charge in [-0.15, -0.1) is 0 Å². The number of anilines is 1. The molecular weight excluding hydrogens is 528 g/mol. The van der Waals surface area contributed by atoms with E-state index in [2.05, 4.69) is 22.3 Å². The summed E-state index contributed by atoms with van der Waals surface area (Å²) in [5.41, 5.74) is 1.95. The highest BCUT2D eigenvalue weighted by Gasteiger charge is 2.38. The number of alkyl halides is 3. The van der Waals surface area contributed by atoms with Crippen molar-refractivity contribution in [1.29, 1.82) is 0 Å². The van der Waals surface area contributed by atoms with Gasteiger partial charge >= 0.3 is 12.1 Å². The zero-order valence-corrected chi connectivity index (χ0v) is 23.1. The number of aryl methyl sites for hydroxylation is 2. The Morgan fingerprint density at radius 3 is 2.80 bits per heavy atom. The number of halogens is 4. The van der Waals surface area contributed by atoms with Crippen molar-refractivity contribution in [2.24, 2.45) is 0 Å². The summed E-state index contributed by atoms with van der Waals surface area (Å²) in [6, 6.07) is 4.93. The maximum Gasteiger partial charge on any atom is 0.393 e. The Morgan fingerprint density at radius 2 is 2.08 bits per heavy atom. The first-order chi connectivity index (χ1) is 19.1. The van der Waals surface area contributed by atoms with Crippen molar-refractivity contribution in [2.45, 2.75) is 69.6 Å². The molecule has 1 aromatic carbocycles. The second-order valence-corrected chi connectivity index (χ2v) is 10.8. The standard InChI is InChI=1S/C29H38F4N4O3/c1-36(13-5-3-4-8-21-10-9-20-7-6-12-34-27(20)35-21)22-11-14-37(18-22)25(28(38)39)23-15-19(17-29(31,32)33)16-24(30)26(23)40-2/h9-10,15-16,22,25H,3-8,11-14,17-18H2,1-2H3,(H,34,35)(H,38,39)/t22-,25+/m1/s1. The molecule has 1 aromatic heterocycles. The molecule has 0 saturated carbocycles. The van der Waals surface area contributed by atoms with Gasteiger partial charge in [-0.1, -0.05) is 12.5 Å². The molecule has 2 aliphatic heterocycles. The lowest BCUT2D eigenvalue weighted by Gasteiger charge is -2.28. The Kier molecular flexibility index (Phi) is 9.89. The van der Waals surface area contributed by atoms with Crippen LogP contribution in [0.3, 0.4) is 0 Å². The van der Waals surface area contributed by atoms with Crippen LogP contribution in [0.25, 0.3) is 0 Å². The number of nitrogens with one attached hydrogen (secondary N) is 1. The molecular formula is C29H38F4N4O3. The molecule has 7 nitrogen and oxygen atoms in total. The number of benzene rings is 1. The molecule has 4 rings (SSSR count). The van der Waals surface area contributed by atoms with Crippen molar-refractivity contribution in [3.63, 3.8) is 0 Å². The number of rotatable bonds is 12. The van der Waals surface area contributed by atoms with Gasteiger partial charge in [0.25, 0.3) is 0 Å². The highest BCUT2D eigenvalue weighted by molar-refractivity contribution is 5.77. The number of methoxy groups -OCH3 is 1. The average molecular weight is 567 g/mol. The fourth-order valence-electron chi connectivity index (χ4n) is 5.81. The number of hydrogen-bond acceptors (Lipinski definition) is 6. The molecule has 2 aliphatic rings. The third-order valence-corrected chi connectivity index (χ3v) is 7.85. The molecule has 0 bridgehead atoms. The first-order valence-corrected chi connectivity index (χ1v) is 13.9. The number of ether oxygens (including phenoxy) is 1. The minimum atomic E-state index is -4.55. The molecule has 2 aromatic rings. The van der Waals surface area contributed by atoms with E-state index in [0.29, 0.717) is 19.5 Å². The van der Waals surface area contributed by atoms with Crippen LogP contribution in [0.4, 0.5) is 23.4 Å². The summed E-state index contributed by atoms with van der Waals surface area (Å²) in [7, 11) is 3.19. The van der Waals surface area contributed by atoms with Gasteiger partial charge in [-0.2, -0.15) is 13.2 Å². The molecule has 220 valence electrons. The maximum absolute atomic E-state index is 14.7. The van der Waals surface area contributed by atoms with E-state index in [1.54, 1.807) is 4.90 Å². The summed E-state index contributed by atoms with van der Waals surface area (Å²) in [6.45, 7) is 2.65. The number of fused-ring (bicyclic) bond motifs is 1. The number of carboxylic acids is 1. The zero-order valence-electron chi connectivity index (χ0n) is 23.1. The molecule has 1 fully saturated rings. The number of unbranched alkanes of at least 4 members (excludes halogenated alkanes) is 2. The van der Waals surface area contributed by atoms with Gasteiger partial charge in [0.2, 0.25) is 0 Å². The van der Waals surface area contributed by atoms with Crippen molar-refractivity contribution in [1.82, 2.24) is 14.8 Å². The number of aromatic nitrogens is 1. The van der Waals surface area contributed by atoms with Crippen molar-refractivity contribution in [3.05, 3.63) is 52.5 Å². The molecule has 3 heterocycles. The number of nitrogens with zero attached hydrogens (tertiary/aromatic N) is 3. The van der Waals surface area contributed by atoms with Crippen LogP contribution in [0.1, 0.15) is 60.5 Å². The van der Waals surface area contributed by atoms with Gasteiger partial charge in [-0.3, -0.25) is 9.69 Å². The lowest BCUT2D eigenvalue weighted by atomic mass is 9.99. The van der Waals surface area contributed by atoms with Gasteiger partial charge in [-0.25, -0.2) is 9.37 Å². The average Bonchev–Trinajstić information content (AvgIpc) is 3.37. The third-order valence-electron chi connectivity index (χ3n) is 7.85. The van der Waals surface area contributed by atoms with E-state index in [1.165, 1.54) is 12.7 Å². The molecule has 0 amide bonds. The van der Waals surface area contributed by atoms with E-state index >= 15 is 0 Å². The highest BCUT2D eigenvalue weighted by atomic mass is 19.4. The summed E-state index contributed by atoms with van der Waals surface area (Å²) in [6.07, 6.45) is 0.981. The van der Waals surface area contributed by atoms with Crippen molar-refractivity contribution < 1.29 is 32.2 Å². The number of likely N-dealkylation sites (tertiary alicyclic amines) is 1. The van der Waals surface area contributed by atoms with Gasteiger partial charge in [0.05, 0.1) is 13.5 Å². The van der Waals surface area contributed by atoms with Crippen molar-refractivity contribution in [2.75, 3.05) is 45.7 Å². The quantitative estimate of drug-likeness (QED) is 0.269. The van der Waals surface area contributed by atoms with Crippen molar-refractivity contribution in [3.8, 4) is 5.75 Å². The molecule has 11 heteroatoms. The molecule has 0 aliphatic carbocycles. The van der Waals surface area contributed by atoms with Crippen LogP contribution in [0.2, 0.25) is 0 Å². The zero-order chi connectivity index (χ0) is 28.9. The number of likely N-dealkylation sites (N-methyl/N-ethyl adjacent to an activating group) is 1. The SMILES string of the molecule is COc1c(F)cc(CC(F)(F)F)cc1[C@@H](C(=O)O)N1CC[C@@H](N(C)CCCCCc2ccc3c(n2)NCCC3)C1. The van der Waals surface area contributed by atoms with Crippen LogP contribution in [0.5, 0.6) is 5.75 Å². The molecule has 0 unspecified atom stereocenters. The van der Waals surface area contributed by atoms with Crippen LogP contribution in [-0.2, 0) is 24.1 Å². The van der Waals surface area contributed by atoms with E-state index in [4.69, 9.17) is 9.72 Å². The second-order valence-electron chi connectivity index (χ2n) is 10.8. The number of pyridine rings is 1. The molecule has 0 radical (unpaired) electrons. The number of hydrogen-bond donors (Lipinski definition) is 2. The fraction of sp³-hybridized carbons (Fsp3) is 0.586. The topological polar surface area (TPSA) is 77.9 Å². The normalized spacial score (nSPS) is 18.4. The largest absolute Gasteiger partial charge is 0.493 e. The maximum atomic E-state index is 14.7. The lowest BCUT2D eigenvalue weighted by Crippen LogP contribution is -2.38. The Balaban J connectivity index is 1.31. The Hall–Kier alpha value is -2.92. The molecule has 40 heavy (non-hydrogen) atoms. The van der Waals surface area contributed by atoms with Crippen LogP contribution in [0.15, 0.2) is 24.3 Å². The van der Waals surface area contributed by atoms with Crippen molar-refractivity contribution >= 4 is 11.8 Å². The van der Waals surface area contributed by atoms with E-state index in [1.807, 2.05) is 7.05 Å². The summed E-state index contributed by atoms with van der Waals surface area (Å²) in [4.78, 5) is 21.0. The van der Waals surface area contributed by atoms with Crippen LogP contribution >= 0.6 is 0 Å². The van der Waals surface area contributed by atoms with E-state index < -0.39 is 30.4 Å². The summed E-state index contributed by atoms with van der Waals surface area (Å²) in [5.74, 6) is -1.57. The molecule has 2 atom stereocenters. The highest BCUT2D eigenvalue weighted by Crippen LogP contribution is 2.37. The van der Waals surface area contributed by atoms with Gasteiger partial charge < -0.3 is 20.1 Å². The molecule has 0 spiro atoms. The van der Waals surface area contributed by atoms with Gasteiger partial charge in [0, 0.05) is 36.9 Å². The summed E-state index contributed by atoms with van der Waals surface area (Å²) < 4.78 is 58.7. The van der Waals surface area contributed by atoms with Crippen LogP contribution in [0, 0.1) is 5.82 Å². The lowest BCUT2D eigenvalue weighted by molar-refractivity contribution is -0.143. The van der Waals surface area contributed by atoms with E-state index in [0.717, 1.165) is 75.3 Å². The summed E-state index contributed by atoms with van der Waals surface area (Å²) in [5, 5.41) is 13.4. The number of carbonyl (C=O) groups is 1. The number of carboxylic acid groups (broad SMARTS) is 1. The van der Waals surface area contributed by atoms with Gasteiger partial charge in [-0.05, 0) is 81.4 Å². The Bertz CT molecular complexity index is 1180. The predicted octanol–water partition coefficient (Wildman–Crippen LogP) is 5.24. The minimum Gasteiger partial charge on any atom is -0.493 e. The minimum absolute atomic E-state index is 0.0874. The number of aliphatic carboxylic acids is 1. The first kappa shape index (κ1) is 30.0. The van der Waals surface area contributed by atoms with Gasteiger partial charge in [0.1, 0.15) is 11.9 Å². The molecule has 1 saturated heterocycles. The first-order valence-electron chi connectivity index (χ1n) is 13.9. The fourth-order valence-corrected chi connectivity index (χ4v) is 5.81. The monoisotopic (exact) mass is 566 g/mol. The predicted molar refractivity (Wildman–Crippen MR) is 144 cm³/mol. The van der Waals surface area contributed by atoms with E-state index in [-0.39, 0.29) is 22.9 Å².